The van der Waals surface area contributed by atoms with Gasteiger partial charge in [0.1, 0.15) is 0 Å². The number of hydrogen-bond acceptors (Lipinski definition) is 1. The molecule has 2 heteroatoms. The summed E-state index contributed by atoms with van der Waals surface area (Å²) in [6.45, 7) is 6.30. The molecule has 2 heterocycles. The monoisotopic (exact) mass is 168 g/mol. The van der Waals surface area contributed by atoms with Crippen molar-refractivity contribution in [2.75, 3.05) is 0 Å². The van der Waals surface area contributed by atoms with Gasteiger partial charge in [0.25, 0.3) is 0 Å². The summed E-state index contributed by atoms with van der Waals surface area (Å²) in [4.78, 5) is 0. The van der Waals surface area contributed by atoms with Crippen LogP contribution in [0.5, 0.6) is 0 Å². The Morgan fingerprint density at radius 3 is 3.27 bits per heavy atom. The van der Waals surface area contributed by atoms with Crippen molar-refractivity contribution in [3.8, 4) is 0 Å². The van der Waals surface area contributed by atoms with Crippen molar-refractivity contribution in [2.24, 2.45) is 0 Å². The third-order valence-corrected chi connectivity index (χ3v) is 7.72. The van der Waals surface area contributed by atoms with E-state index in [1.807, 2.05) is 0 Å². The molecule has 0 radical (unpaired) electrons. The Labute approximate surface area is 69.5 Å². The van der Waals surface area contributed by atoms with E-state index < -0.39 is 8.07 Å². The third-order valence-electron chi connectivity index (χ3n) is 3.12. The fourth-order valence-electron chi connectivity index (χ4n) is 2.37. The van der Waals surface area contributed by atoms with Crippen LogP contribution in [0, 0.1) is 0 Å². The highest BCUT2D eigenvalue weighted by Gasteiger charge is 2.54. The highest BCUT2D eigenvalue weighted by Crippen LogP contribution is 2.44. The number of allylic oxidation sites excluding steroid dienone is 1. The lowest BCUT2D eigenvalue weighted by molar-refractivity contribution is 0.389. The molecule has 0 aromatic heterocycles. The number of rotatable bonds is 2. The predicted octanol–water partition coefficient (Wildman–Crippen LogP) is 2.35. The van der Waals surface area contributed by atoms with Gasteiger partial charge in [0.2, 0.25) is 0 Å². The van der Waals surface area contributed by atoms with Crippen LogP contribution >= 0.6 is 0 Å². The molecule has 2 saturated heterocycles. The molecule has 1 nitrogen and oxygen atoms in total. The molecule has 0 aromatic carbocycles. The van der Waals surface area contributed by atoms with Crippen molar-refractivity contribution in [1.29, 1.82) is 0 Å². The molecule has 3 unspecified atom stereocenters. The average Bonchev–Trinajstić information content (AvgIpc) is 2.68. The molecule has 2 aliphatic heterocycles. The molecule has 0 bridgehead atoms. The second kappa shape index (κ2) is 2.46. The number of fused-ring (bicyclic) bond motifs is 1. The Hall–Kier alpha value is -0.0831. The zero-order valence-corrected chi connectivity index (χ0v) is 8.18. The van der Waals surface area contributed by atoms with Crippen molar-refractivity contribution < 1.29 is 4.74 Å². The minimum absolute atomic E-state index is 0.667. The maximum absolute atomic E-state index is 5.66. The van der Waals surface area contributed by atoms with Crippen LogP contribution in [0.4, 0.5) is 0 Å². The molecule has 0 amide bonds. The molecule has 2 aliphatic rings. The van der Waals surface area contributed by atoms with Crippen molar-refractivity contribution in [3.05, 3.63) is 12.7 Å². The molecule has 0 spiro atoms. The Bertz CT molecular complexity index is 180. The van der Waals surface area contributed by atoms with Crippen LogP contribution in [0.15, 0.2) is 12.7 Å². The van der Waals surface area contributed by atoms with Crippen molar-refractivity contribution in [1.82, 2.24) is 0 Å². The first kappa shape index (κ1) is 7.56. The minimum atomic E-state index is -1.01. The van der Waals surface area contributed by atoms with E-state index in [0.29, 0.717) is 11.8 Å². The summed E-state index contributed by atoms with van der Waals surface area (Å²) in [7, 11) is -1.01. The van der Waals surface area contributed by atoms with Gasteiger partial charge in [-0.15, -0.1) is 6.58 Å². The molecule has 3 atom stereocenters. The summed E-state index contributed by atoms with van der Waals surface area (Å²) in [6, 6.07) is 2.72. The lowest BCUT2D eigenvalue weighted by atomic mass is 10.3. The topological polar surface area (TPSA) is 12.5 Å². The molecule has 2 rings (SSSR count). The zero-order valence-electron chi connectivity index (χ0n) is 7.18. The van der Waals surface area contributed by atoms with Gasteiger partial charge < -0.3 is 4.74 Å². The van der Waals surface area contributed by atoms with Crippen molar-refractivity contribution in [2.45, 2.75) is 43.3 Å². The highest BCUT2D eigenvalue weighted by atomic mass is 28.3. The van der Waals surface area contributed by atoms with E-state index in [-0.39, 0.29) is 0 Å². The summed E-state index contributed by atoms with van der Waals surface area (Å²) < 4.78 is 5.66. The summed E-state index contributed by atoms with van der Waals surface area (Å²) in [6.07, 6.45) is 5.48. The zero-order chi connectivity index (χ0) is 7.90. The lowest BCUT2D eigenvalue weighted by Crippen LogP contribution is -2.40. The quantitative estimate of drug-likeness (QED) is 0.350. The molecule has 0 aromatic rings. The SMILES string of the molecule is C=CC[Si]1(C)CCCC2OC21. The highest BCUT2D eigenvalue weighted by molar-refractivity contribution is 6.81. The Morgan fingerprint density at radius 1 is 1.73 bits per heavy atom. The van der Waals surface area contributed by atoms with Gasteiger partial charge >= 0.3 is 0 Å². The van der Waals surface area contributed by atoms with E-state index in [0.717, 1.165) is 0 Å². The summed E-state index contributed by atoms with van der Waals surface area (Å²) >= 11 is 0. The predicted molar refractivity (Wildman–Crippen MR) is 49.3 cm³/mol. The molecule has 0 aliphatic carbocycles. The van der Waals surface area contributed by atoms with Gasteiger partial charge in [0.05, 0.1) is 19.9 Å². The van der Waals surface area contributed by atoms with Gasteiger partial charge in [-0.25, -0.2) is 0 Å². The maximum atomic E-state index is 5.66. The van der Waals surface area contributed by atoms with Crippen LogP contribution in [-0.4, -0.2) is 19.9 Å². The smallest absolute Gasteiger partial charge is 0.0917 e. The third kappa shape index (κ3) is 1.18. The summed E-state index contributed by atoms with van der Waals surface area (Å²) in [5.41, 5.74) is 0.703. The van der Waals surface area contributed by atoms with E-state index in [2.05, 4.69) is 19.2 Å². The number of epoxide rings is 1. The van der Waals surface area contributed by atoms with E-state index in [1.165, 1.54) is 24.9 Å². The van der Waals surface area contributed by atoms with E-state index in [4.69, 9.17) is 4.74 Å². The fraction of sp³-hybridized carbons (Fsp3) is 0.778. The van der Waals surface area contributed by atoms with Gasteiger partial charge in [0, 0.05) is 0 Å². The van der Waals surface area contributed by atoms with Gasteiger partial charge in [-0.2, -0.15) is 0 Å². The van der Waals surface area contributed by atoms with Crippen LogP contribution < -0.4 is 0 Å². The minimum Gasteiger partial charge on any atom is -0.373 e. The van der Waals surface area contributed by atoms with Crippen LogP contribution in [0.25, 0.3) is 0 Å². The molecule has 11 heavy (non-hydrogen) atoms. The lowest BCUT2D eigenvalue weighted by Gasteiger charge is -2.26. The second-order valence-electron chi connectivity index (χ2n) is 4.13. The molecule has 2 fully saturated rings. The largest absolute Gasteiger partial charge is 0.373 e. The summed E-state index contributed by atoms with van der Waals surface area (Å²) in [5.74, 6) is 0. The molecule has 62 valence electrons. The normalized spacial score (nSPS) is 48.1. The number of hydrogen-bond donors (Lipinski definition) is 0. The van der Waals surface area contributed by atoms with E-state index >= 15 is 0 Å². The van der Waals surface area contributed by atoms with Gasteiger partial charge in [0.15, 0.2) is 0 Å². The van der Waals surface area contributed by atoms with Gasteiger partial charge in [-0.1, -0.05) is 25.1 Å². The van der Waals surface area contributed by atoms with Crippen LogP contribution in [-0.2, 0) is 4.74 Å². The second-order valence-corrected chi connectivity index (χ2v) is 8.92. The van der Waals surface area contributed by atoms with Crippen molar-refractivity contribution >= 4 is 8.07 Å². The first-order chi connectivity index (χ1) is 5.26. The average molecular weight is 168 g/mol. The molecule has 0 saturated carbocycles. The molecular weight excluding hydrogens is 152 g/mol. The number of ether oxygens (including phenoxy) is 1. The van der Waals surface area contributed by atoms with Crippen molar-refractivity contribution in [3.63, 3.8) is 0 Å². The first-order valence-electron chi connectivity index (χ1n) is 4.53. The standard InChI is InChI=1S/C9H16OSi/c1-3-6-11(2)7-4-5-8-9(11)10-8/h3,8-9H,1,4-7H2,2H3. The maximum Gasteiger partial charge on any atom is 0.0917 e. The Kier molecular flexibility index (Phi) is 1.69. The molecule has 0 N–H and O–H groups in total. The fourth-order valence-corrected chi connectivity index (χ4v) is 6.33. The summed E-state index contributed by atoms with van der Waals surface area (Å²) in [5, 5.41) is 0. The van der Waals surface area contributed by atoms with Gasteiger partial charge in [-0.05, 0) is 12.5 Å². The van der Waals surface area contributed by atoms with E-state index in [1.54, 1.807) is 0 Å². The molecular formula is C9H16OSi. The first-order valence-corrected chi connectivity index (χ1v) is 7.52. The Morgan fingerprint density at radius 2 is 2.55 bits per heavy atom. The Balaban J connectivity index is 2.04. The van der Waals surface area contributed by atoms with Crippen LogP contribution in [0.3, 0.4) is 0 Å². The van der Waals surface area contributed by atoms with Crippen LogP contribution in [0.1, 0.15) is 12.8 Å². The van der Waals surface area contributed by atoms with E-state index in [9.17, 15) is 0 Å². The van der Waals surface area contributed by atoms with Gasteiger partial charge in [-0.3, -0.25) is 0 Å². The van der Waals surface area contributed by atoms with Crippen LogP contribution in [0.2, 0.25) is 18.6 Å².